The van der Waals surface area contributed by atoms with E-state index in [4.69, 9.17) is 0 Å². The highest BCUT2D eigenvalue weighted by Crippen LogP contribution is 2.18. The van der Waals surface area contributed by atoms with Crippen molar-refractivity contribution in [1.29, 1.82) is 0 Å². The van der Waals surface area contributed by atoms with Crippen LogP contribution in [0.25, 0.3) is 0 Å². The van der Waals surface area contributed by atoms with E-state index >= 15 is 0 Å². The molecule has 0 aliphatic carbocycles. The number of benzene rings is 1. The Morgan fingerprint density at radius 2 is 1.88 bits per heavy atom. The zero-order chi connectivity index (χ0) is 17.5. The van der Waals surface area contributed by atoms with Crippen molar-refractivity contribution in [2.24, 2.45) is 5.92 Å². The molecule has 6 nitrogen and oxygen atoms in total. The lowest BCUT2D eigenvalue weighted by atomic mass is 10.1. The Morgan fingerprint density at radius 3 is 2.50 bits per heavy atom. The van der Waals surface area contributed by atoms with Crippen LogP contribution in [0.4, 0.5) is 17.3 Å². The van der Waals surface area contributed by atoms with Gasteiger partial charge in [-0.25, -0.2) is 9.97 Å². The molecule has 0 spiro atoms. The molecular weight excluding hydrogens is 302 g/mol. The molecule has 0 aliphatic rings. The van der Waals surface area contributed by atoms with Crippen LogP contribution >= 0.6 is 0 Å². The van der Waals surface area contributed by atoms with Crippen molar-refractivity contribution in [3.63, 3.8) is 0 Å². The third-order valence-electron chi connectivity index (χ3n) is 3.54. The summed E-state index contributed by atoms with van der Waals surface area (Å²) in [4.78, 5) is 22.6. The number of rotatable bonds is 7. The van der Waals surface area contributed by atoms with Gasteiger partial charge in [-0.1, -0.05) is 13.8 Å². The lowest BCUT2D eigenvalue weighted by molar-refractivity contribution is 0.0947. The van der Waals surface area contributed by atoms with E-state index in [1.807, 2.05) is 43.3 Å². The van der Waals surface area contributed by atoms with Gasteiger partial charge in [-0.05, 0) is 42.7 Å². The maximum absolute atomic E-state index is 12.1. The topological polar surface area (TPSA) is 70.2 Å². The SMILES string of the molecule is CC(C)CCNC(=O)c1ccnc(Nc2ccc(N(C)C)cc2)n1. The molecule has 2 N–H and O–H groups in total. The Labute approximate surface area is 143 Å². The zero-order valence-electron chi connectivity index (χ0n) is 14.7. The summed E-state index contributed by atoms with van der Waals surface area (Å²) in [6.07, 6.45) is 2.53. The fourth-order valence-corrected chi connectivity index (χ4v) is 2.08. The van der Waals surface area contributed by atoms with E-state index in [0.29, 0.717) is 24.1 Å². The standard InChI is InChI=1S/C18H25N5O/c1-13(2)9-11-19-17(24)16-10-12-20-18(22-16)21-14-5-7-15(8-6-14)23(3)4/h5-8,10,12-13H,9,11H2,1-4H3,(H,19,24)(H,20,21,22). The molecule has 0 unspecified atom stereocenters. The number of carbonyl (C=O) groups is 1. The van der Waals surface area contributed by atoms with Crippen LogP contribution in [0, 0.1) is 5.92 Å². The second-order valence-corrected chi connectivity index (χ2v) is 6.27. The van der Waals surface area contributed by atoms with Crippen LogP contribution in [0.2, 0.25) is 0 Å². The Kier molecular flexibility index (Phi) is 6.12. The molecule has 0 saturated carbocycles. The van der Waals surface area contributed by atoms with E-state index in [1.54, 1.807) is 12.3 Å². The number of aromatic nitrogens is 2. The molecule has 0 radical (unpaired) electrons. The first-order valence-corrected chi connectivity index (χ1v) is 8.11. The summed E-state index contributed by atoms with van der Waals surface area (Å²) in [5.74, 6) is 0.784. The summed E-state index contributed by atoms with van der Waals surface area (Å²) in [5, 5.41) is 6.00. The average Bonchev–Trinajstić information content (AvgIpc) is 2.55. The number of hydrogen-bond donors (Lipinski definition) is 2. The van der Waals surface area contributed by atoms with Crippen molar-refractivity contribution < 1.29 is 4.79 Å². The number of amides is 1. The molecule has 6 heteroatoms. The van der Waals surface area contributed by atoms with Gasteiger partial charge in [0, 0.05) is 38.2 Å². The monoisotopic (exact) mass is 327 g/mol. The van der Waals surface area contributed by atoms with Gasteiger partial charge in [0.1, 0.15) is 5.69 Å². The van der Waals surface area contributed by atoms with Gasteiger partial charge in [0.05, 0.1) is 0 Å². The third kappa shape index (κ3) is 5.22. The largest absolute Gasteiger partial charge is 0.378 e. The third-order valence-corrected chi connectivity index (χ3v) is 3.54. The molecule has 0 fully saturated rings. The molecule has 0 atom stereocenters. The molecule has 24 heavy (non-hydrogen) atoms. The minimum atomic E-state index is -0.177. The molecule has 0 aliphatic heterocycles. The van der Waals surface area contributed by atoms with Crippen molar-refractivity contribution in [3.05, 3.63) is 42.2 Å². The van der Waals surface area contributed by atoms with Crippen LogP contribution in [0.3, 0.4) is 0 Å². The summed E-state index contributed by atoms with van der Waals surface area (Å²) < 4.78 is 0. The van der Waals surface area contributed by atoms with E-state index in [0.717, 1.165) is 17.8 Å². The summed E-state index contributed by atoms with van der Waals surface area (Å²) in [7, 11) is 3.99. The number of hydrogen-bond acceptors (Lipinski definition) is 5. The molecule has 128 valence electrons. The van der Waals surface area contributed by atoms with E-state index in [9.17, 15) is 4.79 Å². The van der Waals surface area contributed by atoms with Crippen molar-refractivity contribution in [2.75, 3.05) is 30.9 Å². The number of nitrogens with one attached hydrogen (secondary N) is 2. The lowest BCUT2D eigenvalue weighted by Gasteiger charge is -2.13. The van der Waals surface area contributed by atoms with Crippen molar-refractivity contribution in [1.82, 2.24) is 15.3 Å². The maximum atomic E-state index is 12.1. The van der Waals surface area contributed by atoms with Crippen LogP contribution in [-0.4, -0.2) is 36.5 Å². The van der Waals surface area contributed by atoms with Gasteiger partial charge >= 0.3 is 0 Å². The quantitative estimate of drug-likeness (QED) is 0.818. The molecule has 1 heterocycles. The van der Waals surface area contributed by atoms with Gasteiger partial charge in [-0.2, -0.15) is 0 Å². The second kappa shape index (κ2) is 8.29. The first-order chi connectivity index (χ1) is 11.5. The van der Waals surface area contributed by atoms with Crippen LogP contribution in [-0.2, 0) is 0 Å². The van der Waals surface area contributed by atoms with Crippen LogP contribution in [0.1, 0.15) is 30.8 Å². The molecule has 2 aromatic rings. The highest BCUT2D eigenvalue weighted by atomic mass is 16.1. The Balaban J connectivity index is 2.00. The van der Waals surface area contributed by atoms with Crippen molar-refractivity contribution in [3.8, 4) is 0 Å². The Morgan fingerprint density at radius 1 is 1.17 bits per heavy atom. The number of anilines is 3. The molecular formula is C18H25N5O. The molecule has 1 aromatic heterocycles. The van der Waals surface area contributed by atoms with E-state index in [-0.39, 0.29) is 5.91 Å². The van der Waals surface area contributed by atoms with Gasteiger partial charge in [-0.3, -0.25) is 4.79 Å². The van der Waals surface area contributed by atoms with Crippen molar-refractivity contribution >= 4 is 23.2 Å². The molecule has 1 aromatic carbocycles. The van der Waals surface area contributed by atoms with Gasteiger partial charge in [0.25, 0.3) is 5.91 Å². The van der Waals surface area contributed by atoms with Crippen molar-refractivity contribution in [2.45, 2.75) is 20.3 Å². The molecule has 2 rings (SSSR count). The van der Waals surface area contributed by atoms with Crippen LogP contribution < -0.4 is 15.5 Å². The summed E-state index contributed by atoms with van der Waals surface area (Å²) in [6, 6.07) is 9.53. The smallest absolute Gasteiger partial charge is 0.270 e. The fourth-order valence-electron chi connectivity index (χ4n) is 2.08. The number of nitrogens with zero attached hydrogens (tertiary/aromatic N) is 3. The predicted octanol–water partition coefficient (Wildman–Crippen LogP) is 3.06. The van der Waals surface area contributed by atoms with Gasteiger partial charge in [0.15, 0.2) is 0 Å². The zero-order valence-corrected chi connectivity index (χ0v) is 14.7. The number of carbonyl (C=O) groups excluding carboxylic acids is 1. The summed E-state index contributed by atoms with van der Waals surface area (Å²) in [5.41, 5.74) is 2.35. The van der Waals surface area contributed by atoms with E-state index in [2.05, 4.69) is 34.4 Å². The van der Waals surface area contributed by atoms with Gasteiger partial charge in [-0.15, -0.1) is 0 Å². The predicted molar refractivity (Wildman–Crippen MR) is 97.9 cm³/mol. The average molecular weight is 327 g/mol. The minimum absolute atomic E-state index is 0.177. The first-order valence-electron chi connectivity index (χ1n) is 8.11. The lowest BCUT2D eigenvalue weighted by Crippen LogP contribution is -2.26. The Hall–Kier alpha value is -2.63. The van der Waals surface area contributed by atoms with Crippen LogP contribution in [0.15, 0.2) is 36.5 Å². The Bertz CT molecular complexity index is 667. The van der Waals surface area contributed by atoms with E-state index in [1.165, 1.54) is 0 Å². The highest BCUT2D eigenvalue weighted by molar-refractivity contribution is 5.92. The first kappa shape index (κ1) is 17.7. The summed E-state index contributed by atoms with van der Waals surface area (Å²) >= 11 is 0. The maximum Gasteiger partial charge on any atom is 0.270 e. The molecule has 1 amide bonds. The fraction of sp³-hybridized carbons (Fsp3) is 0.389. The van der Waals surface area contributed by atoms with E-state index < -0.39 is 0 Å². The van der Waals surface area contributed by atoms with Gasteiger partial charge in [0.2, 0.25) is 5.95 Å². The molecule has 0 bridgehead atoms. The normalized spacial score (nSPS) is 10.5. The van der Waals surface area contributed by atoms with Gasteiger partial charge < -0.3 is 15.5 Å². The highest BCUT2D eigenvalue weighted by Gasteiger charge is 2.09. The summed E-state index contributed by atoms with van der Waals surface area (Å²) in [6.45, 7) is 4.90. The second-order valence-electron chi connectivity index (χ2n) is 6.27. The van der Waals surface area contributed by atoms with Crippen LogP contribution in [0.5, 0.6) is 0 Å². The molecule has 0 saturated heterocycles. The minimum Gasteiger partial charge on any atom is -0.378 e.